The number of nitrogens with zero attached hydrogens (tertiary/aromatic N) is 4. The molecule has 0 radical (unpaired) electrons. The third-order valence-corrected chi connectivity index (χ3v) is 2.78. The Bertz CT molecular complexity index is 706. The smallest absolute Gasteiger partial charge is 0.181 e. The standard InChI is InChI=1S/C12H8N6/c1-2-4-8-7(3-1)15-11(16-8)12-17-9-5-13-6-14-10(9)18-12/h1-6H,(H,15,16)(H,13,14,17,18). The highest BCUT2D eigenvalue weighted by Crippen LogP contribution is 2.19. The van der Waals surface area contributed by atoms with Crippen LogP contribution in [0.25, 0.3) is 33.8 Å². The molecule has 0 amide bonds. The number of rotatable bonds is 1. The Balaban J connectivity index is 1.95. The van der Waals surface area contributed by atoms with E-state index in [0.717, 1.165) is 16.6 Å². The highest BCUT2D eigenvalue weighted by atomic mass is 15.1. The summed E-state index contributed by atoms with van der Waals surface area (Å²) in [5.41, 5.74) is 3.34. The van der Waals surface area contributed by atoms with Gasteiger partial charge in [0.2, 0.25) is 0 Å². The van der Waals surface area contributed by atoms with Gasteiger partial charge < -0.3 is 9.97 Å². The van der Waals surface area contributed by atoms with E-state index in [1.807, 2.05) is 24.3 Å². The van der Waals surface area contributed by atoms with Crippen molar-refractivity contribution < 1.29 is 0 Å². The third-order valence-electron chi connectivity index (χ3n) is 2.78. The second kappa shape index (κ2) is 3.36. The van der Waals surface area contributed by atoms with Crippen LogP contribution in [-0.2, 0) is 0 Å². The number of hydrogen-bond donors (Lipinski definition) is 2. The maximum absolute atomic E-state index is 4.48. The molecule has 0 saturated heterocycles. The maximum Gasteiger partial charge on any atom is 0.181 e. The number of benzene rings is 1. The summed E-state index contributed by atoms with van der Waals surface area (Å²) in [5.74, 6) is 1.37. The lowest BCUT2D eigenvalue weighted by atomic mass is 10.3. The fourth-order valence-corrected chi connectivity index (χ4v) is 1.94. The highest BCUT2D eigenvalue weighted by molar-refractivity contribution is 5.80. The molecule has 0 aliphatic carbocycles. The van der Waals surface area contributed by atoms with E-state index in [9.17, 15) is 0 Å². The number of aromatic nitrogens is 6. The largest absolute Gasteiger partial charge is 0.335 e. The molecule has 0 aliphatic heterocycles. The first-order chi connectivity index (χ1) is 8.90. The molecule has 18 heavy (non-hydrogen) atoms. The van der Waals surface area contributed by atoms with Gasteiger partial charge in [0.25, 0.3) is 0 Å². The molecule has 0 atom stereocenters. The fraction of sp³-hybridized carbons (Fsp3) is 0. The van der Waals surface area contributed by atoms with Crippen LogP contribution in [0.1, 0.15) is 0 Å². The summed E-state index contributed by atoms with van der Waals surface area (Å²) >= 11 is 0. The molecule has 3 heterocycles. The molecule has 1 aromatic carbocycles. The van der Waals surface area contributed by atoms with Gasteiger partial charge in [-0.2, -0.15) is 0 Å². The van der Waals surface area contributed by atoms with Crippen LogP contribution in [0.4, 0.5) is 0 Å². The van der Waals surface area contributed by atoms with Gasteiger partial charge in [-0.1, -0.05) is 12.1 Å². The average molecular weight is 236 g/mol. The molecule has 0 fully saturated rings. The van der Waals surface area contributed by atoms with Crippen molar-refractivity contribution in [2.24, 2.45) is 0 Å². The first-order valence-electron chi connectivity index (χ1n) is 5.51. The van der Waals surface area contributed by atoms with Gasteiger partial charge in [0, 0.05) is 0 Å². The number of fused-ring (bicyclic) bond motifs is 2. The Morgan fingerprint density at radius 1 is 0.889 bits per heavy atom. The summed E-state index contributed by atoms with van der Waals surface area (Å²) in [6.07, 6.45) is 3.17. The van der Waals surface area contributed by atoms with Gasteiger partial charge >= 0.3 is 0 Å². The summed E-state index contributed by atoms with van der Waals surface area (Å²) in [5, 5.41) is 0. The molecule has 6 heteroatoms. The minimum Gasteiger partial charge on any atom is -0.335 e. The number of nitrogens with one attached hydrogen (secondary N) is 2. The van der Waals surface area contributed by atoms with Crippen LogP contribution in [0.15, 0.2) is 36.8 Å². The average Bonchev–Trinajstić information content (AvgIpc) is 3.02. The van der Waals surface area contributed by atoms with E-state index in [4.69, 9.17) is 0 Å². The number of imidazole rings is 2. The monoisotopic (exact) mass is 236 g/mol. The van der Waals surface area contributed by atoms with E-state index in [0.29, 0.717) is 17.3 Å². The molecule has 4 rings (SSSR count). The molecule has 0 spiro atoms. The topological polar surface area (TPSA) is 83.1 Å². The molecular weight excluding hydrogens is 228 g/mol. The first kappa shape index (κ1) is 9.29. The van der Waals surface area contributed by atoms with Crippen molar-refractivity contribution in [1.29, 1.82) is 0 Å². The van der Waals surface area contributed by atoms with Crippen LogP contribution < -0.4 is 0 Å². The van der Waals surface area contributed by atoms with Crippen molar-refractivity contribution in [2.75, 3.05) is 0 Å². The Morgan fingerprint density at radius 2 is 1.72 bits per heavy atom. The Hall–Kier alpha value is -2.76. The normalized spacial score (nSPS) is 11.3. The van der Waals surface area contributed by atoms with Crippen molar-refractivity contribution in [1.82, 2.24) is 29.9 Å². The summed E-state index contributed by atoms with van der Waals surface area (Å²) < 4.78 is 0. The second-order valence-corrected chi connectivity index (χ2v) is 3.95. The third kappa shape index (κ3) is 1.29. The van der Waals surface area contributed by atoms with Crippen LogP contribution in [0.5, 0.6) is 0 Å². The van der Waals surface area contributed by atoms with Gasteiger partial charge in [-0.3, -0.25) is 0 Å². The van der Waals surface area contributed by atoms with Crippen molar-refractivity contribution in [3.8, 4) is 11.6 Å². The second-order valence-electron chi connectivity index (χ2n) is 3.95. The van der Waals surface area contributed by atoms with Crippen molar-refractivity contribution in [2.45, 2.75) is 0 Å². The predicted molar refractivity (Wildman–Crippen MR) is 66.8 cm³/mol. The maximum atomic E-state index is 4.48. The molecule has 4 aromatic rings. The van der Waals surface area contributed by atoms with Gasteiger partial charge in [0.15, 0.2) is 17.3 Å². The summed E-state index contributed by atoms with van der Waals surface area (Å²) in [6, 6.07) is 7.86. The molecular formula is C12H8N6. The molecule has 0 bridgehead atoms. The fourth-order valence-electron chi connectivity index (χ4n) is 1.94. The number of para-hydroxylation sites is 2. The van der Waals surface area contributed by atoms with Crippen molar-refractivity contribution >= 4 is 22.2 Å². The van der Waals surface area contributed by atoms with E-state index in [2.05, 4.69) is 29.9 Å². The highest BCUT2D eigenvalue weighted by Gasteiger charge is 2.10. The van der Waals surface area contributed by atoms with Gasteiger partial charge in [0.1, 0.15) is 11.8 Å². The Morgan fingerprint density at radius 3 is 2.61 bits per heavy atom. The number of H-pyrrole nitrogens is 2. The zero-order valence-corrected chi connectivity index (χ0v) is 9.25. The summed E-state index contributed by atoms with van der Waals surface area (Å²) in [6.45, 7) is 0. The zero-order valence-electron chi connectivity index (χ0n) is 9.25. The minimum absolute atomic E-state index is 0.639. The zero-order chi connectivity index (χ0) is 11.9. The molecule has 0 unspecified atom stereocenters. The van der Waals surface area contributed by atoms with Crippen LogP contribution in [-0.4, -0.2) is 29.9 Å². The van der Waals surface area contributed by atoms with E-state index >= 15 is 0 Å². The number of hydrogen-bond acceptors (Lipinski definition) is 4. The molecule has 2 N–H and O–H groups in total. The molecule has 0 aliphatic rings. The lowest BCUT2D eigenvalue weighted by molar-refractivity contribution is 1.19. The van der Waals surface area contributed by atoms with Gasteiger partial charge in [-0.25, -0.2) is 19.9 Å². The SMILES string of the molecule is c1ccc2[nH]c(-c3nc4ncncc4[nH]3)nc2c1. The molecule has 0 saturated carbocycles. The van der Waals surface area contributed by atoms with E-state index in [-0.39, 0.29) is 0 Å². The molecule has 6 nitrogen and oxygen atoms in total. The van der Waals surface area contributed by atoms with Crippen molar-refractivity contribution in [3.63, 3.8) is 0 Å². The van der Waals surface area contributed by atoms with Gasteiger partial charge in [-0.15, -0.1) is 0 Å². The predicted octanol–water partition coefficient (Wildman–Crippen LogP) is 1.90. The van der Waals surface area contributed by atoms with E-state index in [1.54, 1.807) is 6.20 Å². The minimum atomic E-state index is 0.639. The molecule has 86 valence electrons. The lowest BCUT2D eigenvalue weighted by Gasteiger charge is -1.86. The Kier molecular flexibility index (Phi) is 1.74. The van der Waals surface area contributed by atoms with Crippen LogP contribution in [0.2, 0.25) is 0 Å². The van der Waals surface area contributed by atoms with Crippen LogP contribution in [0, 0.1) is 0 Å². The lowest BCUT2D eigenvalue weighted by Crippen LogP contribution is -1.82. The first-order valence-corrected chi connectivity index (χ1v) is 5.51. The summed E-state index contributed by atoms with van der Waals surface area (Å²) in [4.78, 5) is 23.3. The van der Waals surface area contributed by atoms with Crippen molar-refractivity contribution in [3.05, 3.63) is 36.8 Å². The van der Waals surface area contributed by atoms with E-state index in [1.165, 1.54) is 6.33 Å². The summed E-state index contributed by atoms with van der Waals surface area (Å²) in [7, 11) is 0. The Labute approximate surface area is 101 Å². The van der Waals surface area contributed by atoms with Crippen LogP contribution >= 0.6 is 0 Å². The van der Waals surface area contributed by atoms with Gasteiger partial charge in [0.05, 0.1) is 17.2 Å². The molecule has 3 aromatic heterocycles. The van der Waals surface area contributed by atoms with Gasteiger partial charge in [-0.05, 0) is 12.1 Å². The van der Waals surface area contributed by atoms with E-state index < -0.39 is 0 Å². The quantitative estimate of drug-likeness (QED) is 0.528. The van der Waals surface area contributed by atoms with Crippen LogP contribution in [0.3, 0.4) is 0 Å². The number of aromatic amines is 2.